The number of amidine groups is 1. The second-order valence-corrected chi connectivity index (χ2v) is 7.53. The number of benzene rings is 1. The van der Waals surface area contributed by atoms with E-state index in [4.69, 9.17) is 5.73 Å². The van der Waals surface area contributed by atoms with E-state index >= 15 is 0 Å². The number of carbonyl (C=O) groups is 1. The van der Waals surface area contributed by atoms with Crippen molar-refractivity contribution in [2.24, 2.45) is 16.6 Å². The van der Waals surface area contributed by atoms with Crippen LogP contribution >= 0.6 is 11.8 Å². The smallest absolute Gasteiger partial charge is 0.261 e. The third-order valence-corrected chi connectivity index (χ3v) is 4.94. The number of rotatable bonds is 4. The Hall–Kier alpha value is -2.39. The van der Waals surface area contributed by atoms with E-state index in [0.29, 0.717) is 23.1 Å². The summed E-state index contributed by atoms with van der Waals surface area (Å²) in [5.74, 6) is 0.260. The first kappa shape index (κ1) is 16.5. The van der Waals surface area contributed by atoms with Gasteiger partial charge in [0.25, 0.3) is 5.91 Å². The number of pyridine rings is 1. The van der Waals surface area contributed by atoms with Crippen molar-refractivity contribution in [3.63, 3.8) is 0 Å². The number of hydrogen-bond donors (Lipinski definition) is 1. The molecular weight excluding hydrogens is 320 g/mol. The van der Waals surface area contributed by atoms with Crippen LogP contribution in [0.1, 0.15) is 30.5 Å². The van der Waals surface area contributed by atoms with Crippen molar-refractivity contribution < 1.29 is 4.79 Å². The maximum absolute atomic E-state index is 11.8. The molecule has 1 unspecified atom stereocenters. The second-order valence-electron chi connectivity index (χ2n) is 6.31. The Morgan fingerprint density at radius 1 is 1.42 bits per heavy atom. The van der Waals surface area contributed by atoms with Gasteiger partial charge in [0.1, 0.15) is 6.07 Å². The lowest BCUT2D eigenvalue weighted by molar-refractivity contribution is -0.117. The second kappa shape index (κ2) is 6.62. The zero-order valence-electron chi connectivity index (χ0n) is 13.6. The van der Waals surface area contributed by atoms with Gasteiger partial charge in [-0.15, -0.1) is 0 Å². The minimum atomic E-state index is -0.261. The van der Waals surface area contributed by atoms with Crippen molar-refractivity contribution >= 4 is 33.7 Å². The largest absolute Gasteiger partial charge is 0.378 e. The van der Waals surface area contributed by atoms with Crippen LogP contribution in [0.25, 0.3) is 10.9 Å². The highest BCUT2D eigenvalue weighted by molar-refractivity contribution is 8.15. The molecule has 0 aliphatic carbocycles. The van der Waals surface area contributed by atoms with Crippen LogP contribution in [0.5, 0.6) is 0 Å². The molecule has 24 heavy (non-hydrogen) atoms. The monoisotopic (exact) mass is 338 g/mol. The zero-order valence-corrected chi connectivity index (χ0v) is 14.4. The van der Waals surface area contributed by atoms with Crippen molar-refractivity contribution in [2.45, 2.75) is 31.9 Å². The molecule has 0 fully saturated rings. The summed E-state index contributed by atoms with van der Waals surface area (Å²) in [4.78, 5) is 20.0. The number of aliphatic imine (C=N–C) groups is 1. The Balaban J connectivity index is 2.00. The summed E-state index contributed by atoms with van der Waals surface area (Å²) in [6, 6.07) is 8.21. The number of aromatic nitrogens is 1. The van der Waals surface area contributed by atoms with Crippen LogP contribution in [0, 0.1) is 17.2 Å². The molecule has 3 rings (SSSR count). The molecule has 6 heteroatoms. The van der Waals surface area contributed by atoms with E-state index in [2.05, 4.69) is 29.9 Å². The van der Waals surface area contributed by atoms with Crippen LogP contribution in [-0.4, -0.2) is 21.3 Å². The Morgan fingerprint density at radius 2 is 2.21 bits per heavy atom. The van der Waals surface area contributed by atoms with Gasteiger partial charge in [0.15, 0.2) is 5.17 Å². The Labute approximate surface area is 145 Å². The maximum atomic E-state index is 11.8. The molecule has 2 N–H and O–H groups in total. The number of thioether (sulfide) groups is 1. The van der Waals surface area contributed by atoms with Crippen molar-refractivity contribution in [3.8, 4) is 6.07 Å². The highest BCUT2D eigenvalue weighted by Crippen LogP contribution is 2.28. The lowest BCUT2D eigenvalue weighted by atomic mass is 9.94. The highest BCUT2D eigenvalue weighted by Gasteiger charge is 2.27. The normalized spacial score (nSPS) is 17.3. The third kappa shape index (κ3) is 3.26. The predicted molar refractivity (Wildman–Crippen MR) is 96.7 cm³/mol. The average Bonchev–Trinajstić information content (AvgIpc) is 2.85. The molecule has 5 nitrogen and oxygen atoms in total. The molecule has 1 atom stereocenters. The number of nitriles is 1. The molecule has 1 amide bonds. The number of amides is 1. The van der Waals surface area contributed by atoms with Crippen molar-refractivity contribution in [1.82, 2.24) is 4.98 Å². The fraction of sp³-hybridized carbons (Fsp3) is 0.333. The Kier molecular flexibility index (Phi) is 4.54. The number of carbonyl (C=O) groups excluding carboxylic acids is 1. The Bertz CT molecular complexity index is 882. The van der Waals surface area contributed by atoms with Crippen molar-refractivity contribution in [3.05, 3.63) is 41.1 Å². The van der Waals surface area contributed by atoms with E-state index < -0.39 is 0 Å². The van der Waals surface area contributed by atoms with E-state index in [1.165, 1.54) is 11.8 Å². The number of nitrogens with two attached hydrogens (primary N) is 1. The minimum Gasteiger partial charge on any atom is -0.378 e. The van der Waals surface area contributed by atoms with Crippen LogP contribution in [0.3, 0.4) is 0 Å². The molecule has 0 saturated heterocycles. The highest BCUT2D eigenvalue weighted by atomic mass is 32.2. The lowest BCUT2D eigenvalue weighted by Crippen LogP contribution is -2.14. The molecule has 2 aromatic rings. The summed E-state index contributed by atoms with van der Waals surface area (Å²) in [6.07, 6.45) is 3.03. The van der Waals surface area contributed by atoms with Gasteiger partial charge in [-0.25, -0.2) is 0 Å². The summed E-state index contributed by atoms with van der Waals surface area (Å²) < 4.78 is 0. The minimum absolute atomic E-state index is 0.177. The van der Waals surface area contributed by atoms with Gasteiger partial charge in [0.2, 0.25) is 0 Å². The molecule has 0 spiro atoms. The summed E-state index contributed by atoms with van der Waals surface area (Å²) in [5.41, 5.74) is 9.17. The maximum Gasteiger partial charge on any atom is 0.261 e. The van der Waals surface area contributed by atoms with E-state index in [0.717, 1.165) is 28.5 Å². The third-order valence-electron chi connectivity index (χ3n) is 3.96. The standard InChI is InChI=1S/C18H18N4OS/c1-10(2)5-13-12(8-19)9-21-15-4-3-11(6-14(13)15)7-16-17(23)22-18(20)24-16/h3-4,6,9-10,16H,5,7H2,1-2H3,(H2,20,22,23). The first-order chi connectivity index (χ1) is 11.5. The van der Waals surface area contributed by atoms with E-state index in [-0.39, 0.29) is 11.2 Å². The number of nitrogens with zero attached hydrogens (tertiary/aromatic N) is 3. The van der Waals surface area contributed by atoms with Gasteiger partial charge in [-0.05, 0) is 42.0 Å². The van der Waals surface area contributed by atoms with Gasteiger partial charge < -0.3 is 5.73 Å². The van der Waals surface area contributed by atoms with Gasteiger partial charge in [-0.3, -0.25) is 9.78 Å². The van der Waals surface area contributed by atoms with E-state index in [9.17, 15) is 10.1 Å². The quantitative estimate of drug-likeness (QED) is 0.925. The summed E-state index contributed by atoms with van der Waals surface area (Å²) >= 11 is 1.31. The van der Waals surface area contributed by atoms with Crippen LogP contribution in [0.15, 0.2) is 29.4 Å². The fourth-order valence-electron chi connectivity index (χ4n) is 2.89. The molecular formula is C18H18N4OS. The zero-order chi connectivity index (χ0) is 17.3. The lowest BCUT2D eigenvalue weighted by Gasteiger charge is -2.13. The summed E-state index contributed by atoms with van der Waals surface area (Å²) in [6.45, 7) is 4.26. The number of fused-ring (bicyclic) bond motifs is 1. The van der Waals surface area contributed by atoms with Gasteiger partial charge in [0.05, 0.1) is 16.3 Å². The van der Waals surface area contributed by atoms with Crippen LogP contribution in [-0.2, 0) is 17.6 Å². The van der Waals surface area contributed by atoms with Crippen LogP contribution < -0.4 is 5.73 Å². The number of hydrogen-bond acceptors (Lipinski definition) is 5. The van der Waals surface area contributed by atoms with Gasteiger partial charge >= 0.3 is 0 Å². The average molecular weight is 338 g/mol. The van der Waals surface area contributed by atoms with Crippen LogP contribution in [0.2, 0.25) is 0 Å². The first-order valence-electron chi connectivity index (χ1n) is 7.83. The molecule has 1 aliphatic heterocycles. The van der Waals surface area contributed by atoms with E-state index in [1.807, 2.05) is 18.2 Å². The molecule has 0 saturated carbocycles. The first-order valence-corrected chi connectivity index (χ1v) is 8.71. The molecule has 1 aromatic carbocycles. The van der Waals surface area contributed by atoms with Gasteiger partial charge in [-0.2, -0.15) is 10.3 Å². The fourth-order valence-corrected chi connectivity index (χ4v) is 3.76. The molecule has 0 bridgehead atoms. The Morgan fingerprint density at radius 3 is 2.83 bits per heavy atom. The SMILES string of the molecule is CC(C)Cc1c(C#N)cnc2ccc(CC3SC(N)=NC3=O)cc12. The van der Waals surface area contributed by atoms with Crippen molar-refractivity contribution in [2.75, 3.05) is 0 Å². The molecule has 122 valence electrons. The summed E-state index contributed by atoms with van der Waals surface area (Å²) in [5, 5.41) is 10.4. The van der Waals surface area contributed by atoms with Gasteiger partial charge in [-0.1, -0.05) is 31.7 Å². The predicted octanol–water partition coefficient (Wildman–Crippen LogP) is 2.80. The topological polar surface area (TPSA) is 92.1 Å². The van der Waals surface area contributed by atoms with Gasteiger partial charge in [0, 0.05) is 11.6 Å². The molecule has 1 aliphatic rings. The molecule has 2 heterocycles. The molecule has 1 aromatic heterocycles. The molecule has 0 radical (unpaired) electrons. The summed E-state index contributed by atoms with van der Waals surface area (Å²) in [7, 11) is 0. The van der Waals surface area contributed by atoms with E-state index in [1.54, 1.807) is 6.20 Å². The van der Waals surface area contributed by atoms with Crippen molar-refractivity contribution in [1.29, 1.82) is 5.26 Å². The van der Waals surface area contributed by atoms with Crippen LogP contribution in [0.4, 0.5) is 0 Å².